The molecule has 4 nitrogen and oxygen atoms in total. The van der Waals surface area contributed by atoms with Gasteiger partial charge in [-0.3, -0.25) is 0 Å². The summed E-state index contributed by atoms with van der Waals surface area (Å²) in [6.07, 6.45) is 0. The topological polar surface area (TPSA) is 42.4 Å². The standard InChI is InChI=1S/C53H34N2O2/c1-3-9-35(10-4-1)38-15-17-41(18-16-38)53-54-48-30-32-50-51(52(48)57-53)47-34-43(24-31-49(47)56-50)40-21-27-45(28-22-40)55(46-29-23-37-13-7-8-14-42(37)33-46)44-25-19-39(20-26-44)36-11-5-2-6-12-36/h1-34H. The zero-order chi connectivity index (χ0) is 37.7. The molecule has 57 heavy (non-hydrogen) atoms. The van der Waals surface area contributed by atoms with E-state index in [0.717, 1.165) is 72.4 Å². The van der Waals surface area contributed by atoms with Crippen molar-refractivity contribution in [3.05, 3.63) is 206 Å². The first-order valence-corrected chi connectivity index (χ1v) is 19.2. The van der Waals surface area contributed by atoms with Crippen LogP contribution in [0.15, 0.2) is 215 Å². The average molecular weight is 731 g/mol. The van der Waals surface area contributed by atoms with Crippen molar-refractivity contribution in [1.82, 2.24) is 4.98 Å². The van der Waals surface area contributed by atoms with Crippen LogP contribution in [0, 0.1) is 0 Å². The maximum absolute atomic E-state index is 6.53. The van der Waals surface area contributed by atoms with Crippen LogP contribution in [-0.2, 0) is 0 Å². The maximum Gasteiger partial charge on any atom is 0.227 e. The summed E-state index contributed by atoms with van der Waals surface area (Å²) in [6.45, 7) is 0. The van der Waals surface area contributed by atoms with Gasteiger partial charge in [-0.15, -0.1) is 0 Å². The molecule has 0 aliphatic carbocycles. The Morgan fingerprint density at radius 1 is 0.351 bits per heavy atom. The number of aromatic nitrogens is 1. The highest BCUT2D eigenvalue weighted by Crippen LogP contribution is 2.41. The van der Waals surface area contributed by atoms with E-state index in [4.69, 9.17) is 13.8 Å². The lowest BCUT2D eigenvalue weighted by molar-refractivity contribution is 0.622. The van der Waals surface area contributed by atoms with Crippen molar-refractivity contribution in [1.29, 1.82) is 0 Å². The molecule has 2 heterocycles. The van der Waals surface area contributed by atoms with E-state index >= 15 is 0 Å². The van der Waals surface area contributed by atoms with Gasteiger partial charge in [0, 0.05) is 28.0 Å². The summed E-state index contributed by atoms with van der Waals surface area (Å²) in [5.41, 5.74) is 14.2. The Morgan fingerprint density at radius 3 is 1.53 bits per heavy atom. The van der Waals surface area contributed by atoms with Crippen LogP contribution in [0.4, 0.5) is 17.1 Å². The van der Waals surface area contributed by atoms with Crippen molar-refractivity contribution in [3.63, 3.8) is 0 Å². The lowest BCUT2D eigenvalue weighted by Gasteiger charge is -2.26. The van der Waals surface area contributed by atoms with E-state index < -0.39 is 0 Å². The van der Waals surface area contributed by atoms with Crippen LogP contribution in [0.25, 0.3) is 88.6 Å². The second-order valence-electron chi connectivity index (χ2n) is 14.4. The number of oxazole rings is 1. The van der Waals surface area contributed by atoms with Gasteiger partial charge in [0.1, 0.15) is 16.7 Å². The van der Waals surface area contributed by atoms with Gasteiger partial charge < -0.3 is 13.7 Å². The Bertz CT molecular complexity index is 3200. The first-order chi connectivity index (χ1) is 28.2. The number of nitrogens with zero attached hydrogens (tertiary/aromatic N) is 2. The normalized spacial score (nSPS) is 11.5. The molecule has 268 valence electrons. The van der Waals surface area contributed by atoms with Gasteiger partial charge in [-0.1, -0.05) is 133 Å². The minimum atomic E-state index is 0.587. The molecule has 0 aliphatic rings. The van der Waals surface area contributed by atoms with Crippen molar-refractivity contribution >= 4 is 60.9 Å². The zero-order valence-corrected chi connectivity index (χ0v) is 30.8. The van der Waals surface area contributed by atoms with Crippen molar-refractivity contribution in [2.45, 2.75) is 0 Å². The molecule has 0 spiro atoms. The molecule has 0 radical (unpaired) electrons. The van der Waals surface area contributed by atoms with Gasteiger partial charge in [0.05, 0.1) is 5.39 Å². The fourth-order valence-electron chi connectivity index (χ4n) is 7.99. The summed E-state index contributed by atoms with van der Waals surface area (Å²) < 4.78 is 12.9. The van der Waals surface area contributed by atoms with Crippen LogP contribution in [-0.4, -0.2) is 4.98 Å². The zero-order valence-electron chi connectivity index (χ0n) is 30.8. The summed E-state index contributed by atoms with van der Waals surface area (Å²) in [6, 6.07) is 72.4. The van der Waals surface area contributed by atoms with E-state index in [1.165, 1.54) is 27.5 Å². The molecular formula is C53H34N2O2. The van der Waals surface area contributed by atoms with Crippen LogP contribution >= 0.6 is 0 Å². The van der Waals surface area contributed by atoms with Crippen molar-refractivity contribution in [3.8, 4) is 44.8 Å². The quantitative estimate of drug-likeness (QED) is 0.164. The summed E-state index contributed by atoms with van der Waals surface area (Å²) in [5.74, 6) is 0.587. The van der Waals surface area contributed by atoms with Gasteiger partial charge in [0.15, 0.2) is 5.58 Å². The van der Waals surface area contributed by atoms with Gasteiger partial charge in [-0.05, 0) is 117 Å². The monoisotopic (exact) mass is 730 g/mol. The second-order valence-corrected chi connectivity index (χ2v) is 14.4. The molecule has 0 N–H and O–H groups in total. The molecule has 0 saturated heterocycles. The molecule has 0 atom stereocenters. The first kappa shape index (κ1) is 32.7. The Balaban J connectivity index is 0.955. The third kappa shape index (κ3) is 5.92. The molecule has 0 aliphatic heterocycles. The largest absolute Gasteiger partial charge is 0.456 e. The predicted molar refractivity (Wildman–Crippen MR) is 235 cm³/mol. The van der Waals surface area contributed by atoms with Gasteiger partial charge >= 0.3 is 0 Å². The summed E-state index contributed by atoms with van der Waals surface area (Å²) in [5, 5.41) is 4.35. The Hall–Kier alpha value is -7.69. The molecule has 0 amide bonds. The van der Waals surface area contributed by atoms with Crippen molar-refractivity contribution in [2.24, 2.45) is 0 Å². The Kier molecular flexibility index (Phi) is 7.78. The smallest absolute Gasteiger partial charge is 0.227 e. The Labute approximate surface area is 329 Å². The lowest BCUT2D eigenvalue weighted by Crippen LogP contribution is -2.09. The summed E-state index contributed by atoms with van der Waals surface area (Å²) in [4.78, 5) is 7.23. The van der Waals surface area contributed by atoms with Crippen molar-refractivity contribution < 1.29 is 8.83 Å². The molecule has 11 rings (SSSR count). The van der Waals surface area contributed by atoms with Crippen LogP contribution in [0.1, 0.15) is 0 Å². The van der Waals surface area contributed by atoms with E-state index in [9.17, 15) is 0 Å². The maximum atomic E-state index is 6.53. The fourth-order valence-corrected chi connectivity index (χ4v) is 7.99. The predicted octanol–water partition coefficient (Wildman–Crippen LogP) is 15.0. The Morgan fingerprint density at radius 2 is 0.860 bits per heavy atom. The van der Waals surface area contributed by atoms with E-state index in [1.54, 1.807) is 0 Å². The number of hydrogen-bond acceptors (Lipinski definition) is 4. The molecule has 4 heteroatoms. The highest BCUT2D eigenvalue weighted by Gasteiger charge is 2.18. The van der Waals surface area contributed by atoms with Gasteiger partial charge in [-0.2, -0.15) is 0 Å². The average Bonchev–Trinajstić information content (AvgIpc) is 3.89. The molecule has 0 unspecified atom stereocenters. The number of furan rings is 1. The minimum absolute atomic E-state index is 0.587. The number of rotatable bonds is 7. The molecule has 9 aromatic carbocycles. The van der Waals surface area contributed by atoms with Crippen molar-refractivity contribution in [2.75, 3.05) is 4.90 Å². The van der Waals surface area contributed by atoms with Crippen LogP contribution < -0.4 is 4.90 Å². The fraction of sp³-hybridized carbons (Fsp3) is 0. The molecule has 0 fully saturated rings. The first-order valence-electron chi connectivity index (χ1n) is 19.2. The third-order valence-corrected chi connectivity index (χ3v) is 10.9. The van der Waals surface area contributed by atoms with Gasteiger partial charge in [0.2, 0.25) is 5.89 Å². The molecule has 11 aromatic rings. The second kappa shape index (κ2) is 13.6. The summed E-state index contributed by atoms with van der Waals surface area (Å²) >= 11 is 0. The number of anilines is 3. The third-order valence-electron chi connectivity index (χ3n) is 10.9. The number of hydrogen-bond donors (Lipinski definition) is 0. The van der Waals surface area contributed by atoms with E-state index in [2.05, 4.69) is 193 Å². The highest BCUT2D eigenvalue weighted by atomic mass is 16.4. The molecular weight excluding hydrogens is 697 g/mol. The SMILES string of the molecule is c1ccc(-c2ccc(-c3nc4ccc5oc6ccc(-c7ccc(N(c8ccc(-c9ccccc9)cc8)c8ccc9ccccc9c8)cc7)cc6c5c4o3)cc2)cc1. The molecule has 2 aromatic heterocycles. The highest BCUT2D eigenvalue weighted by molar-refractivity contribution is 6.17. The number of fused-ring (bicyclic) bond motifs is 6. The van der Waals surface area contributed by atoms with Gasteiger partial charge in [-0.25, -0.2) is 4.98 Å². The molecule has 0 saturated carbocycles. The van der Waals surface area contributed by atoms with E-state index in [1.807, 2.05) is 18.2 Å². The minimum Gasteiger partial charge on any atom is -0.456 e. The van der Waals surface area contributed by atoms with Crippen LogP contribution in [0.3, 0.4) is 0 Å². The van der Waals surface area contributed by atoms with Gasteiger partial charge in [0.25, 0.3) is 0 Å². The number of benzene rings is 9. The summed E-state index contributed by atoms with van der Waals surface area (Å²) in [7, 11) is 0. The van der Waals surface area contributed by atoms with E-state index in [-0.39, 0.29) is 0 Å². The van der Waals surface area contributed by atoms with Crippen LogP contribution in [0.5, 0.6) is 0 Å². The van der Waals surface area contributed by atoms with E-state index in [0.29, 0.717) is 5.89 Å². The lowest BCUT2D eigenvalue weighted by atomic mass is 10.0. The molecule has 0 bridgehead atoms. The van der Waals surface area contributed by atoms with Crippen LogP contribution in [0.2, 0.25) is 0 Å².